The summed E-state index contributed by atoms with van der Waals surface area (Å²) in [4.78, 5) is 10.7. The number of aliphatic carboxylic acids is 1. The highest BCUT2D eigenvalue weighted by atomic mass is 28.3. The van der Waals surface area contributed by atoms with E-state index in [0.717, 1.165) is 12.8 Å². The van der Waals surface area contributed by atoms with Crippen LogP contribution in [0.4, 0.5) is 0 Å². The van der Waals surface area contributed by atoms with Crippen molar-refractivity contribution in [2.75, 3.05) is 0 Å². The summed E-state index contributed by atoms with van der Waals surface area (Å²) in [5.41, 5.74) is 0.350. The third-order valence-corrected chi connectivity index (χ3v) is 2.35. The van der Waals surface area contributed by atoms with Crippen molar-refractivity contribution in [2.45, 2.75) is 39.8 Å². The first-order chi connectivity index (χ1) is 5.99. The average molecular weight is 202 g/mol. The molecule has 4 heteroatoms. The molecule has 76 valence electrons. The predicted octanol–water partition coefficient (Wildman–Crippen LogP) is 2.15. The monoisotopic (exact) mass is 202 g/mol. The lowest BCUT2D eigenvalue weighted by Crippen LogP contribution is -2.11. The molecule has 0 aliphatic carbocycles. The number of allylic oxidation sites excluding steroid dienone is 1. The Bertz CT molecular complexity index is 209. The molecule has 0 saturated heterocycles. The topological polar surface area (TPSA) is 46.5 Å². The highest BCUT2D eigenvalue weighted by Gasteiger charge is 2.11. The maximum Gasteiger partial charge on any atom is 0.334 e. The molecule has 0 fully saturated rings. The first kappa shape index (κ1) is 12.2. The summed E-state index contributed by atoms with van der Waals surface area (Å²) in [5.74, 6) is -0.213. The van der Waals surface area contributed by atoms with Crippen LogP contribution in [0, 0.1) is 0 Å². The van der Waals surface area contributed by atoms with Gasteiger partial charge in [-0.15, -0.1) is 0 Å². The van der Waals surface area contributed by atoms with E-state index in [4.69, 9.17) is 9.53 Å². The summed E-state index contributed by atoms with van der Waals surface area (Å²) in [6, 6.07) is 0. The van der Waals surface area contributed by atoms with Gasteiger partial charge in [-0.2, -0.15) is 0 Å². The number of carboxylic acids is 1. The molecular formula is C9H18O3Si. The van der Waals surface area contributed by atoms with E-state index < -0.39 is 15.0 Å². The van der Waals surface area contributed by atoms with Gasteiger partial charge < -0.3 is 9.53 Å². The minimum Gasteiger partial charge on any atom is -0.549 e. The standard InChI is InChI=1S/C9H18O3Si/c1-5-6-8(12-13(3)4)7(2)9(10)11/h13H,5-6H2,1-4H3,(H,10,11). The Labute approximate surface area is 81.1 Å². The third kappa shape index (κ3) is 4.72. The van der Waals surface area contributed by atoms with Crippen molar-refractivity contribution >= 4 is 15.0 Å². The van der Waals surface area contributed by atoms with Gasteiger partial charge in [0.05, 0.1) is 11.3 Å². The van der Waals surface area contributed by atoms with Crippen LogP contribution in [-0.4, -0.2) is 20.1 Å². The molecule has 0 aromatic heterocycles. The van der Waals surface area contributed by atoms with Crippen molar-refractivity contribution in [1.29, 1.82) is 0 Å². The summed E-state index contributed by atoms with van der Waals surface area (Å²) in [6.45, 7) is 7.68. The SMILES string of the molecule is CCCC(O[SiH](C)C)=C(C)C(=O)O. The van der Waals surface area contributed by atoms with E-state index >= 15 is 0 Å². The molecule has 0 atom stereocenters. The maximum atomic E-state index is 10.7. The Morgan fingerprint density at radius 3 is 2.31 bits per heavy atom. The minimum absolute atomic E-state index is 0.350. The van der Waals surface area contributed by atoms with Crippen molar-refractivity contribution in [2.24, 2.45) is 0 Å². The van der Waals surface area contributed by atoms with Gasteiger partial charge in [-0.1, -0.05) is 6.92 Å². The predicted molar refractivity (Wildman–Crippen MR) is 55.2 cm³/mol. The molecule has 0 aliphatic rings. The summed E-state index contributed by atoms with van der Waals surface area (Å²) in [5, 5.41) is 8.77. The molecule has 0 amide bonds. The fraction of sp³-hybridized carbons (Fsp3) is 0.667. The van der Waals surface area contributed by atoms with Crippen LogP contribution in [0.25, 0.3) is 0 Å². The van der Waals surface area contributed by atoms with Gasteiger partial charge in [0.25, 0.3) is 0 Å². The van der Waals surface area contributed by atoms with Crippen LogP contribution in [0.1, 0.15) is 26.7 Å². The minimum atomic E-state index is -1.18. The molecule has 0 aliphatic heterocycles. The number of carbonyl (C=O) groups is 1. The molecule has 0 saturated carbocycles. The van der Waals surface area contributed by atoms with Crippen LogP contribution < -0.4 is 0 Å². The molecule has 0 unspecified atom stereocenters. The zero-order chi connectivity index (χ0) is 10.4. The second-order valence-electron chi connectivity index (χ2n) is 3.27. The zero-order valence-corrected chi connectivity index (χ0v) is 9.91. The maximum absolute atomic E-state index is 10.7. The molecule has 0 aromatic rings. The molecular weight excluding hydrogens is 184 g/mol. The highest BCUT2D eigenvalue weighted by Crippen LogP contribution is 2.14. The van der Waals surface area contributed by atoms with Gasteiger partial charge in [-0.3, -0.25) is 0 Å². The Morgan fingerprint density at radius 1 is 1.46 bits per heavy atom. The molecule has 0 bridgehead atoms. The Hall–Kier alpha value is -0.773. The first-order valence-corrected chi connectivity index (χ1v) is 7.36. The van der Waals surface area contributed by atoms with E-state index in [1.165, 1.54) is 0 Å². The van der Waals surface area contributed by atoms with Crippen LogP contribution >= 0.6 is 0 Å². The lowest BCUT2D eigenvalue weighted by atomic mass is 10.2. The van der Waals surface area contributed by atoms with Crippen molar-refractivity contribution in [3.63, 3.8) is 0 Å². The molecule has 3 nitrogen and oxygen atoms in total. The first-order valence-electron chi connectivity index (χ1n) is 4.58. The van der Waals surface area contributed by atoms with E-state index in [-0.39, 0.29) is 0 Å². The van der Waals surface area contributed by atoms with Crippen LogP contribution in [0.2, 0.25) is 13.1 Å². The summed E-state index contributed by atoms with van der Waals surface area (Å²) in [7, 11) is -1.18. The van der Waals surface area contributed by atoms with Crippen LogP contribution in [0.5, 0.6) is 0 Å². The smallest absolute Gasteiger partial charge is 0.334 e. The normalized spacial score (nSPS) is 12.7. The lowest BCUT2D eigenvalue weighted by Gasteiger charge is -2.14. The fourth-order valence-corrected chi connectivity index (χ4v) is 1.83. The lowest BCUT2D eigenvalue weighted by molar-refractivity contribution is -0.132. The van der Waals surface area contributed by atoms with E-state index in [0.29, 0.717) is 11.3 Å². The number of carboxylic acid groups (broad SMARTS) is 1. The van der Waals surface area contributed by atoms with E-state index in [1.54, 1.807) is 6.92 Å². The van der Waals surface area contributed by atoms with Gasteiger partial charge in [-0.25, -0.2) is 4.79 Å². The largest absolute Gasteiger partial charge is 0.549 e. The number of hydrogen-bond acceptors (Lipinski definition) is 2. The van der Waals surface area contributed by atoms with Crippen LogP contribution in [0.15, 0.2) is 11.3 Å². The average Bonchev–Trinajstić information content (AvgIpc) is 2.01. The van der Waals surface area contributed by atoms with Crippen molar-refractivity contribution in [1.82, 2.24) is 0 Å². The van der Waals surface area contributed by atoms with Crippen LogP contribution in [-0.2, 0) is 9.22 Å². The molecule has 0 spiro atoms. The van der Waals surface area contributed by atoms with Gasteiger partial charge >= 0.3 is 5.97 Å². The van der Waals surface area contributed by atoms with Crippen molar-refractivity contribution in [3.05, 3.63) is 11.3 Å². The van der Waals surface area contributed by atoms with Gasteiger partial charge in [-0.05, 0) is 26.4 Å². The van der Waals surface area contributed by atoms with Crippen molar-refractivity contribution < 1.29 is 14.3 Å². The highest BCUT2D eigenvalue weighted by molar-refractivity contribution is 6.48. The second kappa shape index (κ2) is 5.80. The third-order valence-electron chi connectivity index (χ3n) is 1.59. The van der Waals surface area contributed by atoms with Gasteiger partial charge in [0.1, 0.15) is 0 Å². The Balaban J connectivity index is 4.56. The van der Waals surface area contributed by atoms with E-state index in [9.17, 15) is 4.79 Å². The summed E-state index contributed by atoms with van der Waals surface area (Å²) >= 11 is 0. The Kier molecular flexibility index (Phi) is 5.46. The number of rotatable bonds is 5. The van der Waals surface area contributed by atoms with Gasteiger partial charge in [0.15, 0.2) is 0 Å². The molecule has 0 heterocycles. The van der Waals surface area contributed by atoms with Crippen molar-refractivity contribution in [3.8, 4) is 0 Å². The second-order valence-corrected chi connectivity index (χ2v) is 5.60. The molecule has 0 aromatic carbocycles. The van der Waals surface area contributed by atoms with E-state index in [2.05, 4.69) is 0 Å². The van der Waals surface area contributed by atoms with E-state index in [1.807, 2.05) is 20.0 Å². The van der Waals surface area contributed by atoms with Gasteiger partial charge in [0.2, 0.25) is 9.04 Å². The molecule has 1 N–H and O–H groups in total. The molecule has 0 rings (SSSR count). The summed E-state index contributed by atoms with van der Waals surface area (Å²) in [6.07, 6.45) is 1.64. The van der Waals surface area contributed by atoms with Crippen LogP contribution in [0.3, 0.4) is 0 Å². The fourth-order valence-electron chi connectivity index (χ4n) is 0.966. The number of hydrogen-bond donors (Lipinski definition) is 1. The quantitative estimate of drug-likeness (QED) is 0.422. The molecule has 13 heavy (non-hydrogen) atoms. The summed E-state index contributed by atoms with van der Waals surface area (Å²) < 4.78 is 5.55. The van der Waals surface area contributed by atoms with Gasteiger partial charge in [0, 0.05) is 6.42 Å². The molecule has 0 radical (unpaired) electrons. The Morgan fingerprint density at radius 2 is 2.00 bits per heavy atom. The zero-order valence-electron chi connectivity index (χ0n) is 8.76.